The molecule has 1 N–H and O–H groups in total. The zero-order valence-corrected chi connectivity index (χ0v) is 8.21. The van der Waals surface area contributed by atoms with E-state index >= 15 is 0 Å². The predicted octanol–water partition coefficient (Wildman–Crippen LogP) is 1.51. The van der Waals surface area contributed by atoms with Crippen molar-refractivity contribution in [2.45, 2.75) is 18.9 Å². The lowest BCUT2D eigenvalue weighted by Crippen LogP contribution is -2.12. The monoisotopic (exact) mass is 212 g/mol. The molecule has 0 radical (unpaired) electrons. The molecule has 15 heavy (non-hydrogen) atoms. The summed E-state index contributed by atoms with van der Waals surface area (Å²) in [5.41, 5.74) is 0.664. The molecule has 0 fully saturated rings. The SMILES string of the molecule is [2H]C([2H])([2H])N(CCCC(O)c1cccnc1)N=O. The van der Waals surface area contributed by atoms with Crippen molar-refractivity contribution in [3.05, 3.63) is 35.0 Å². The van der Waals surface area contributed by atoms with Crippen molar-refractivity contribution in [1.29, 1.82) is 0 Å². The molecule has 0 aromatic carbocycles. The number of nitrogens with zero attached hydrogens (tertiary/aromatic N) is 3. The van der Waals surface area contributed by atoms with Crippen LogP contribution < -0.4 is 0 Å². The van der Waals surface area contributed by atoms with Gasteiger partial charge in [0.1, 0.15) is 0 Å². The second-order valence-electron chi connectivity index (χ2n) is 3.15. The van der Waals surface area contributed by atoms with Crippen LogP contribution in [0.15, 0.2) is 29.8 Å². The summed E-state index contributed by atoms with van der Waals surface area (Å²) in [6.07, 6.45) is 3.12. The first-order valence-electron chi connectivity index (χ1n) is 6.14. The molecule has 1 unspecified atom stereocenters. The molecule has 1 aromatic heterocycles. The average molecular weight is 212 g/mol. The molecule has 0 saturated heterocycles. The van der Waals surface area contributed by atoms with Crippen molar-refractivity contribution in [2.24, 2.45) is 5.29 Å². The summed E-state index contributed by atoms with van der Waals surface area (Å²) in [5, 5.41) is 12.8. The molecule has 0 saturated carbocycles. The Hall–Kier alpha value is -1.49. The van der Waals surface area contributed by atoms with Gasteiger partial charge in [-0.2, -0.15) is 0 Å². The van der Waals surface area contributed by atoms with Gasteiger partial charge in [0.2, 0.25) is 0 Å². The normalized spacial score (nSPS) is 15.9. The maximum atomic E-state index is 10.3. The number of hydrogen-bond donors (Lipinski definition) is 1. The average Bonchev–Trinajstić information content (AvgIpc) is 2.34. The Morgan fingerprint density at radius 3 is 3.27 bits per heavy atom. The molecule has 1 rings (SSSR count). The number of aliphatic hydroxyl groups is 1. The van der Waals surface area contributed by atoms with Crippen LogP contribution in [-0.2, 0) is 0 Å². The second-order valence-corrected chi connectivity index (χ2v) is 3.15. The molecule has 0 aliphatic rings. The molecular weight excluding hydrogens is 194 g/mol. The first-order valence-corrected chi connectivity index (χ1v) is 4.64. The van der Waals surface area contributed by atoms with Crippen molar-refractivity contribution >= 4 is 0 Å². The molecule has 0 aliphatic carbocycles. The highest BCUT2D eigenvalue weighted by molar-refractivity contribution is 5.11. The van der Waals surface area contributed by atoms with Gasteiger partial charge in [-0.1, -0.05) is 6.07 Å². The van der Waals surface area contributed by atoms with Gasteiger partial charge in [0.05, 0.1) is 11.4 Å². The zero-order valence-electron chi connectivity index (χ0n) is 11.2. The van der Waals surface area contributed by atoms with E-state index in [1.807, 2.05) is 0 Å². The first kappa shape index (κ1) is 7.76. The van der Waals surface area contributed by atoms with Crippen LogP contribution in [0, 0.1) is 4.91 Å². The molecule has 82 valence electrons. The molecule has 1 aromatic rings. The van der Waals surface area contributed by atoms with Crippen LogP contribution in [0.5, 0.6) is 0 Å². The van der Waals surface area contributed by atoms with Gasteiger partial charge >= 0.3 is 0 Å². The molecule has 0 aliphatic heterocycles. The van der Waals surface area contributed by atoms with Crippen LogP contribution in [0.4, 0.5) is 0 Å². The van der Waals surface area contributed by atoms with Gasteiger partial charge in [-0.05, 0) is 24.5 Å². The molecule has 1 heterocycles. The smallest absolute Gasteiger partial charge is 0.0805 e. The molecule has 5 heteroatoms. The number of nitroso groups, excluding NO2 is 1. The van der Waals surface area contributed by atoms with Gasteiger partial charge in [0.15, 0.2) is 0 Å². The van der Waals surface area contributed by atoms with Crippen molar-refractivity contribution < 1.29 is 9.22 Å². The van der Waals surface area contributed by atoms with E-state index in [9.17, 15) is 10.0 Å². The number of aromatic nitrogens is 1. The third-order valence-electron chi connectivity index (χ3n) is 2.02. The van der Waals surface area contributed by atoms with Crippen LogP contribution >= 0.6 is 0 Å². The lowest BCUT2D eigenvalue weighted by molar-refractivity contribution is 0.158. The Morgan fingerprint density at radius 2 is 2.67 bits per heavy atom. The standard InChI is InChI=1S/C10H15N3O2/c1-13(12-15)7-3-5-10(14)9-4-2-6-11-8-9/h2,4,6,8,10,14H,3,5,7H2,1H3/i1D3. The van der Waals surface area contributed by atoms with E-state index in [2.05, 4.69) is 10.3 Å². The van der Waals surface area contributed by atoms with E-state index in [-0.39, 0.29) is 6.54 Å². The van der Waals surface area contributed by atoms with E-state index in [0.717, 1.165) is 0 Å². The van der Waals surface area contributed by atoms with E-state index in [1.54, 1.807) is 24.5 Å². The van der Waals surface area contributed by atoms with Crippen molar-refractivity contribution in [2.75, 3.05) is 13.5 Å². The summed E-state index contributed by atoms with van der Waals surface area (Å²) in [4.78, 5) is 14.2. The summed E-state index contributed by atoms with van der Waals surface area (Å²) in [6, 6.07) is 3.44. The Balaban J connectivity index is 2.40. The summed E-state index contributed by atoms with van der Waals surface area (Å²) in [7, 11) is 0. The molecule has 5 nitrogen and oxygen atoms in total. The van der Waals surface area contributed by atoms with Gasteiger partial charge < -0.3 is 5.11 Å². The maximum Gasteiger partial charge on any atom is 0.0805 e. The lowest BCUT2D eigenvalue weighted by Gasteiger charge is -2.12. The largest absolute Gasteiger partial charge is 0.388 e. The highest BCUT2D eigenvalue weighted by Gasteiger charge is 2.07. The summed E-state index contributed by atoms with van der Waals surface area (Å²) in [6.45, 7) is -2.54. The van der Waals surface area contributed by atoms with Crippen LogP contribution in [0.3, 0.4) is 0 Å². The van der Waals surface area contributed by atoms with E-state index in [4.69, 9.17) is 4.11 Å². The molecule has 0 bridgehead atoms. The van der Waals surface area contributed by atoms with Crippen molar-refractivity contribution in [3.8, 4) is 0 Å². The fourth-order valence-electron chi connectivity index (χ4n) is 1.21. The third-order valence-corrected chi connectivity index (χ3v) is 2.02. The van der Waals surface area contributed by atoms with Gasteiger partial charge in [0, 0.05) is 30.0 Å². The van der Waals surface area contributed by atoms with Gasteiger partial charge in [-0.25, -0.2) is 0 Å². The van der Waals surface area contributed by atoms with Crippen LogP contribution in [0.1, 0.15) is 28.6 Å². The highest BCUT2D eigenvalue weighted by Crippen LogP contribution is 2.16. The summed E-state index contributed by atoms with van der Waals surface area (Å²) >= 11 is 0. The third kappa shape index (κ3) is 4.03. The minimum Gasteiger partial charge on any atom is -0.388 e. The van der Waals surface area contributed by atoms with E-state index in [0.29, 0.717) is 23.4 Å². The minimum atomic E-state index is -2.53. The predicted molar refractivity (Wildman–Crippen MR) is 56.9 cm³/mol. The number of hydrogen-bond acceptors (Lipinski definition) is 4. The van der Waals surface area contributed by atoms with Crippen molar-refractivity contribution in [1.82, 2.24) is 9.99 Å². The minimum absolute atomic E-state index is 0.0165. The van der Waals surface area contributed by atoms with Gasteiger partial charge in [-0.3, -0.25) is 9.99 Å². The first-order chi connectivity index (χ1) is 8.45. The van der Waals surface area contributed by atoms with E-state index in [1.165, 1.54) is 0 Å². The molecular formula is C10H15N3O2. The Kier molecular flexibility index (Phi) is 3.14. The number of aliphatic hydroxyl groups excluding tert-OH is 1. The van der Waals surface area contributed by atoms with E-state index < -0.39 is 13.1 Å². The Bertz CT molecular complexity index is 372. The summed E-state index contributed by atoms with van der Waals surface area (Å²) in [5.74, 6) is 0. The van der Waals surface area contributed by atoms with Crippen LogP contribution in [0.25, 0.3) is 0 Å². The van der Waals surface area contributed by atoms with Gasteiger partial charge in [-0.15, -0.1) is 4.91 Å². The maximum absolute atomic E-state index is 10.3. The zero-order chi connectivity index (χ0) is 13.6. The Morgan fingerprint density at radius 1 is 1.80 bits per heavy atom. The molecule has 0 spiro atoms. The highest BCUT2D eigenvalue weighted by atomic mass is 16.3. The number of pyridine rings is 1. The van der Waals surface area contributed by atoms with Crippen LogP contribution in [0.2, 0.25) is 0 Å². The second kappa shape index (κ2) is 6.08. The lowest BCUT2D eigenvalue weighted by atomic mass is 10.1. The quantitative estimate of drug-likeness (QED) is 0.573. The summed E-state index contributed by atoms with van der Waals surface area (Å²) < 4.78 is 21.1. The fraction of sp³-hybridized carbons (Fsp3) is 0.500. The molecule has 0 amide bonds. The Labute approximate surface area is 92.9 Å². The number of rotatable bonds is 6. The van der Waals surface area contributed by atoms with Crippen molar-refractivity contribution in [3.63, 3.8) is 0 Å². The topological polar surface area (TPSA) is 65.8 Å². The fourth-order valence-corrected chi connectivity index (χ4v) is 1.21. The molecule has 1 atom stereocenters. The van der Waals surface area contributed by atoms with Gasteiger partial charge in [0.25, 0.3) is 0 Å². The van der Waals surface area contributed by atoms with Crippen LogP contribution in [-0.4, -0.2) is 28.6 Å².